The molecule has 0 saturated carbocycles. The average Bonchev–Trinajstić information content (AvgIpc) is 2.64. The average molecular weight is 514 g/mol. The van der Waals surface area contributed by atoms with Gasteiger partial charge in [0.2, 0.25) is 0 Å². The Balaban J connectivity index is 0. The van der Waals surface area contributed by atoms with Crippen LogP contribution in [0.5, 0.6) is 0 Å². The molecule has 0 aromatic carbocycles. The summed E-state index contributed by atoms with van der Waals surface area (Å²) in [6, 6.07) is 0. The molecule has 0 aliphatic rings. The number of hydrogen-bond donors (Lipinski definition) is 1. The van der Waals surface area contributed by atoms with Crippen molar-refractivity contribution >= 4 is 0 Å². The summed E-state index contributed by atoms with van der Waals surface area (Å²) in [7, 11) is 4.51. The van der Waals surface area contributed by atoms with Gasteiger partial charge in [0.1, 0.15) is 6.54 Å². The van der Waals surface area contributed by atoms with E-state index < -0.39 is 0 Å². The molecule has 3 nitrogen and oxygen atoms in total. The molecule has 0 amide bonds. The van der Waals surface area contributed by atoms with Crippen LogP contribution in [0, 0.1) is 0 Å². The Bertz CT molecular complexity index is 288. The minimum atomic E-state index is 0. The van der Waals surface area contributed by atoms with Crippen molar-refractivity contribution in [3.05, 3.63) is 0 Å². The fourth-order valence-electron chi connectivity index (χ4n) is 3.58. The lowest BCUT2D eigenvalue weighted by Crippen LogP contribution is -3.00. The fourth-order valence-corrected chi connectivity index (χ4v) is 3.58. The van der Waals surface area contributed by atoms with E-state index in [1.54, 1.807) is 0 Å². The second kappa shape index (κ2) is 23.9. The highest BCUT2D eigenvalue weighted by atomic mass is 127. The van der Waals surface area contributed by atoms with Crippen LogP contribution >= 0.6 is 0 Å². The highest BCUT2D eigenvalue weighted by Crippen LogP contribution is 2.13. The molecule has 4 heteroatoms. The van der Waals surface area contributed by atoms with Crippen LogP contribution in [0.1, 0.15) is 110 Å². The summed E-state index contributed by atoms with van der Waals surface area (Å²) in [6.07, 6.45) is 21.7. The van der Waals surface area contributed by atoms with Crippen molar-refractivity contribution in [3.8, 4) is 0 Å². The summed E-state index contributed by atoms with van der Waals surface area (Å²) in [4.78, 5) is 0. The summed E-state index contributed by atoms with van der Waals surface area (Å²) in [5, 5.41) is 8.86. The monoisotopic (exact) mass is 513 g/mol. The van der Waals surface area contributed by atoms with Crippen molar-refractivity contribution in [2.24, 2.45) is 0 Å². The van der Waals surface area contributed by atoms with Gasteiger partial charge in [-0.3, -0.25) is 0 Å². The fraction of sp³-hybridized carbons (Fsp3) is 1.00. The first-order chi connectivity index (χ1) is 13.1. The summed E-state index contributed by atoms with van der Waals surface area (Å²) in [5.41, 5.74) is 0. The third-order valence-electron chi connectivity index (χ3n) is 5.65. The molecule has 1 N–H and O–H groups in total. The number of likely N-dealkylation sites (N-methyl/N-ethyl adjacent to an activating group) is 1. The number of quaternary nitrogens is 1. The normalized spacial score (nSPS) is 11.6. The number of aliphatic hydroxyl groups excluding tert-OH is 1. The molecule has 0 fully saturated rings. The van der Waals surface area contributed by atoms with E-state index in [1.165, 1.54) is 89.9 Å². The highest BCUT2D eigenvalue weighted by molar-refractivity contribution is 4.49. The molecular weight excluding hydrogens is 461 g/mol. The van der Waals surface area contributed by atoms with Gasteiger partial charge in [-0.1, -0.05) is 90.4 Å². The summed E-state index contributed by atoms with van der Waals surface area (Å²) in [6.45, 7) is 6.60. The van der Waals surface area contributed by atoms with Gasteiger partial charge in [-0.25, -0.2) is 0 Å². The maximum absolute atomic E-state index is 8.86. The predicted octanol–water partition coefficient (Wildman–Crippen LogP) is 3.34. The second-order valence-corrected chi connectivity index (χ2v) is 9.02. The quantitative estimate of drug-likeness (QED) is 0.137. The minimum absolute atomic E-state index is 0. The number of nitrogens with zero attached hydrogens (tertiary/aromatic N) is 1. The third-order valence-corrected chi connectivity index (χ3v) is 5.65. The molecule has 0 atom stereocenters. The highest BCUT2D eigenvalue weighted by Gasteiger charge is 2.13. The molecular formula is C24H52INO2. The van der Waals surface area contributed by atoms with Crippen LogP contribution in [0.15, 0.2) is 0 Å². The maximum Gasteiger partial charge on any atom is 0.102 e. The van der Waals surface area contributed by atoms with Gasteiger partial charge in [-0.2, -0.15) is 0 Å². The molecule has 0 aromatic rings. The molecule has 0 aliphatic heterocycles. The van der Waals surface area contributed by atoms with E-state index in [0.717, 1.165) is 43.6 Å². The van der Waals surface area contributed by atoms with Crippen molar-refractivity contribution < 1.29 is 38.3 Å². The molecule has 0 radical (unpaired) electrons. The van der Waals surface area contributed by atoms with Crippen LogP contribution in [0.3, 0.4) is 0 Å². The van der Waals surface area contributed by atoms with Gasteiger partial charge >= 0.3 is 0 Å². The Hall–Kier alpha value is 0.610. The Kier molecular flexibility index (Phi) is 26.3. The summed E-state index contributed by atoms with van der Waals surface area (Å²) in [5.74, 6) is 0. The van der Waals surface area contributed by atoms with Crippen LogP contribution < -0.4 is 24.0 Å². The number of aliphatic hydroxyl groups is 1. The molecule has 0 rings (SSSR count). The van der Waals surface area contributed by atoms with E-state index in [-0.39, 0.29) is 24.0 Å². The van der Waals surface area contributed by atoms with E-state index in [9.17, 15) is 0 Å². The van der Waals surface area contributed by atoms with Crippen molar-refractivity contribution in [1.82, 2.24) is 0 Å². The molecule has 0 aromatic heterocycles. The lowest BCUT2D eigenvalue weighted by molar-refractivity contribution is -0.891. The number of halogens is 1. The number of hydrogen-bond acceptors (Lipinski definition) is 2. The van der Waals surface area contributed by atoms with Gasteiger partial charge in [-0.05, 0) is 19.3 Å². The minimum Gasteiger partial charge on any atom is -1.00 e. The lowest BCUT2D eigenvalue weighted by Gasteiger charge is -2.29. The second-order valence-electron chi connectivity index (χ2n) is 9.02. The Morgan fingerprint density at radius 1 is 0.571 bits per heavy atom. The van der Waals surface area contributed by atoms with Crippen LogP contribution in [0.2, 0.25) is 0 Å². The summed E-state index contributed by atoms with van der Waals surface area (Å²) >= 11 is 0. The zero-order valence-electron chi connectivity index (χ0n) is 19.5. The van der Waals surface area contributed by atoms with Crippen LogP contribution in [0.25, 0.3) is 0 Å². The number of unbranched alkanes of at least 4 members (excludes halogenated alkanes) is 14. The van der Waals surface area contributed by atoms with Crippen molar-refractivity contribution in [3.63, 3.8) is 0 Å². The van der Waals surface area contributed by atoms with Crippen molar-refractivity contribution in [1.29, 1.82) is 0 Å². The SMILES string of the molecule is CCCCCCCCCCCCCCCCOCC[N+](C)(C)CCCCO.[I-]. The van der Waals surface area contributed by atoms with Gasteiger partial charge in [-0.15, -0.1) is 0 Å². The van der Waals surface area contributed by atoms with E-state index in [4.69, 9.17) is 9.84 Å². The maximum atomic E-state index is 8.86. The molecule has 0 saturated heterocycles. The van der Waals surface area contributed by atoms with Gasteiger partial charge in [0, 0.05) is 13.2 Å². The van der Waals surface area contributed by atoms with Gasteiger partial charge < -0.3 is 38.3 Å². The Morgan fingerprint density at radius 3 is 1.50 bits per heavy atom. The summed E-state index contributed by atoms with van der Waals surface area (Å²) < 4.78 is 6.82. The van der Waals surface area contributed by atoms with Crippen LogP contribution in [-0.2, 0) is 4.74 Å². The molecule has 0 unspecified atom stereocenters. The van der Waals surface area contributed by atoms with E-state index >= 15 is 0 Å². The molecule has 172 valence electrons. The van der Waals surface area contributed by atoms with Gasteiger partial charge in [0.25, 0.3) is 0 Å². The predicted molar refractivity (Wildman–Crippen MR) is 119 cm³/mol. The molecule has 0 spiro atoms. The first kappa shape index (κ1) is 30.8. The number of rotatable bonds is 22. The van der Waals surface area contributed by atoms with Crippen molar-refractivity contribution in [2.75, 3.05) is 47.0 Å². The Labute approximate surface area is 194 Å². The van der Waals surface area contributed by atoms with Gasteiger partial charge in [0.05, 0.1) is 27.2 Å². The number of ether oxygens (including phenoxy) is 1. The third kappa shape index (κ3) is 24.6. The Morgan fingerprint density at radius 2 is 1.04 bits per heavy atom. The van der Waals surface area contributed by atoms with E-state index in [1.807, 2.05) is 0 Å². The smallest absolute Gasteiger partial charge is 0.102 e. The van der Waals surface area contributed by atoms with Crippen LogP contribution in [0.4, 0.5) is 0 Å². The largest absolute Gasteiger partial charge is 1.00 e. The van der Waals surface area contributed by atoms with E-state index in [2.05, 4.69) is 21.0 Å². The first-order valence-corrected chi connectivity index (χ1v) is 12.1. The molecule has 0 aliphatic carbocycles. The molecule has 0 heterocycles. The van der Waals surface area contributed by atoms with E-state index in [0.29, 0.717) is 6.61 Å². The lowest BCUT2D eigenvalue weighted by atomic mass is 10.0. The zero-order valence-corrected chi connectivity index (χ0v) is 21.7. The molecule has 28 heavy (non-hydrogen) atoms. The van der Waals surface area contributed by atoms with Gasteiger partial charge in [0.15, 0.2) is 0 Å². The first-order valence-electron chi connectivity index (χ1n) is 12.1. The van der Waals surface area contributed by atoms with Crippen LogP contribution in [-0.4, -0.2) is 56.6 Å². The topological polar surface area (TPSA) is 29.5 Å². The molecule has 0 bridgehead atoms. The van der Waals surface area contributed by atoms with Crippen molar-refractivity contribution in [2.45, 2.75) is 110 Å². The standard InChI is InChI=1S/C24H52NO2.HI/c1-4-5-6-7-8-9-10-11-12-13-14-15-16-19-23-27-24-21-25(2,3)20-17-18-22-26;/h26H,4-24H2,1-3H3;1H/q+1;/p-1. The zero-order chi connectivity index (χ0) is 20.1.